The van der Waals surface area contributed by atoms with E-state index in [9.17, 15) is 4.39 Å². The molecule has 1 aromatic heterocycles. The molecule has 0 fully saturated rings. The summed E-state index contributed by atoms with van der Waals surface area (Å²) in [6.45, 7) is 0. The molecular weight excluding hydrogens is 351 g/mol. The molecule has 21 heavy (non-hydrogen) atoms. The van der Waals surface area contributed by atoms with Crippen molar-refractivity contribution < 1.29 is 4.39 Å². The molecule has 3 rings (SSSR count). The fourth-order valence-electron chi connectivity index (χ4n) is 2.45. The van der Waals surface area contributed by atoms with E-state index in [1.54, 1.807) is 17.4 Å². The van der Waals surface area contributed by atoms with Gasteiger partial charge in [-0.1, -0.05) is 40.2 Å². The molecule has 5 heteroatoms. The molecule has 2 aromatic carbocycles. The highest BCUT2D eigenvalue weighted by Crippen LogP contribution is 2.31. The van der Waals surface area contributed by atoms with Crippen molar-refractivity contribution in [1.82, 2.24) is 5.43 Å². The van der Waals surface area contributed by atoms with Gasteiger partial charge in [-0.15, -0.1) is 11.3 Å². The summed E-state index contributed by atoms with van der Waals surface area (Å²) in [4.78, 5) is 0. The van der Waals surface area contributed by atoms with Crippen molar-refractivity contribution in [2.24, 2.45) is 5.84 Å². The highest BCUT2D eigenvalue weighted by molar-refractivity contribution is 9.10. The Hall–Kier alpha value is -1.27. The molecule has 3 aromatic rings. The summed E-state index contributed by atoms with van der Waals surface area (Å²) >= 11 is 5.14. The second-order valence-electron chi connectivity index (χ2n) is 4.85. The van der Waals surface area contributed by atoms with Crippen LogP contribution < -0.4 is 11.3 Å². The second kappa shape index (κ2) is 6.23. The molecule has 108 valence electrons. The Morgan fingerprint density at radius 2 is 2.05 bits per heavy atom. The van der Waals surface area contributed by atoms with Gasteiger partial charge in [0.15, 0.2) is 0 Å². The van der Waals surface area contributed by atoms with E-state index in [1.165, 1.54) is 27.8 Å². The van der Waals surface area contributed by atoms with E-state index >= 15 is 0 Å². The van der Waals surface area contributed by atoms with Gasteiger partial charge in [-0.05, 0) is 46.5 Å². The van der Waals surface area contributed by atoms with Gasteiger partial charge in [0.2, 0.25) is 0 Å². The summed E-state index contributed by atoms with van der Waals surface area (Å²) in [7, 11) is 0. The Morgan fingerprint density at radius 3 is 2.81 bits per heavy atom. The number of halogens is 2. The lowest BCUT2D eigenvalue weighted by Gasteiger charge is -2.17. The minimum Gasteiger partial charge on any atom is -0.271 e. The number of hydrazine groups is 1. The van der Waals surface area contributed by atoms with Crippen molar-refractivity contribution in [3.63, 3.8) is 0 Å². The minimum absolute atomic E-state index is 0.0713. The average Bonchev–Trinajstić information content (AvgIpc) is 2.89. The van der Waals surface area contributed by atoms with E-state index in [-0.39, 0.29) is 11.9 Å². The van der Waals surface area contributed by atoms with Crippen LogP contribution in [0.1, 0.15) is 17.2 Å². The molecule has 1 atom stereocenters. The van der Waals surface area contributed by atoms with Crippen molar-refractivity contribution in [3.05, 3.63) is 69.3 Å². The van der Waals surface area contributed by atoms with Gasteiger partial charge in [0.25, 0.3) is 0 Å². The highest BCUT2D eigenvalue weighted by Gasteiger charge is 2.16. The predicted molar refractivity (Wildman–Crippen MR) is 89.7 cm³/mol. The highest BCUT2D eigenvalue weighted by atomic mass is 79.9. The van der Waals surface area contributed by atoms with Gasteiger partial charge in [0.05, 0.1) is 6.04 Å². The lowest BCUT2D eigenvalue weighted by atomic mass is 9.99. The van der Waals surface area contributed by atoms with Crippen molar-refractivity contribution in [3.8, 4) is 0 Å². The average molecular weight is 365 g/mol. The molecule has 0 saturated carbocycles. The molecule has 0 radical (unpaired) electrons. The largest absolute Gasteiger partial charge is 0.271 e. The minimum atomic E-state index is -0.262. The first kappa shape index (κ1) is 14.7. The SMILES string of the molecule is NNC(Cc1csc2ccccc12)c1ccc(F)cc1Br. The molecule has 1 unspecified atom stereocenters. The Morgan fingerprint density at radius 1 is 1.24 bits per heavy atom. The first-order valence-corrected chi connectivity index (χ1v) is 8.22. The van der Waals surface area contributed by atoms with Gasteiger partial charge >= 0.3 is 0 Å². The molecule has 2 nitrogen and oxygen atoms in total. The van der Waals surface area contributed by atoms with Crippen molar-refractivity contribution in [2.75, 3.05) is 0 Å². The zero-order chi connectivity index (χ0) is 14.8. The third-order valence-corrected chi connectivity index (χ3v) is 5.22. The zero-order valence-corrected chi connectivity index (χ0v) is 13.5. The van der Waals surface area contributed by atoms with E-state index < -0.39 is 0 Å². The summed E-state index contributed by atoms with van der Waals surface area (Å²) in [6, 6.07) is 12.9. The van der Waals surface area contributed by atoms with Crippen LogP contribution in [0.4, 0.5) is 4.39 Å². The first-order valence-electron chi connectivity index (χ1n) is 6.55. The summed E-state index contributed by atoms with van der Waals surface area (Å²) in [6.07, 6.45) is 0.755. The molecule has 1 heterocycles. The van der Waals surface area contributed by atoms with E-state index in [2.05, 4.69) is 38.9 Å². The van der Waals surface area contributed by atoms with Gasteiger partial charge in [-0.2, -0.15) is 0 Å². The Balaban J connectivity index is 1.94. The number of nitrogens with two attached hydrogens (primary N) is 1. The van der Waals surface area contributed by atoms with Gasteiger partial charge in [-0.25, -0.2) is 4.39 Å². The molecule has 0 amide bonds. The van der Waals surface area contributed by atoms with Crippen LogP contribution in [0.3, 0.4) is 0 Å². The lowest BCUT2D eigenvalue weighted by molar-refractivity contribution is 0.549. The van der Waals surface area contributed by atoms with Crippen molar-refractivity contribution >= 4 is 37.4 Å². The molecule has 0 bridgehead atoms. The number of hydrogen-bond donors (Lipinski definition) is 2. The summed E-state index contributed by atoms with van der Waals surface area (Å²) in [5.41, 5.74) is 5.03. The van der Waals surface area contributed by atoms with Crippen LogP contribution >= 0.6 is 27.3 Å². The molecule has 0 saturated heterocycles. The number of nitrogens with one attached hydrogen (secondary N) is 1. The third kappa shape index (κ3) is 3.01. The van der Waals surface area contributed by atoms with E-state index in [4.69, 9.17) is 5.84 Å². The summed E-state index contributed by atoms with van der Waals surface area (Å²) in [5.74, 6) is 5.45. The van der Waals surface area contributed by atoms with Gasteiger partial charge in [0.1, 0.15) is 5.82 Å². The molecular formula is C16H14BrFN2S. The zero-order valence-electron chi connectivity index (χ0n) is 11.1. The van der Waals surface area contributed by atoms with Crippen molar-refractivity contribution in [1.29, 1.82) is 0 Å². The van der Waals surface area contributed by atoms with Crippen molar-refractivity contribution in [2.45, 2.75) is 12.5 Å². The van der Waals surface area contributed by atoms with Crippen LogP contribution in [-0.4, -0.2) is 0 Å². The molecule has 0 spiro atoms. The van der Waals surface area contributed by atoms with Crippen LogP contribution in [-0.2, 0) is 6.42 Å². The Bertz CT molecular complexity index is 772. The maximum absolute atomic E-state index is 13.2. The quantitative estimate of drug-likeness (QED) is 0.526. The second-order valence-corrected chi connectivity index (χ2v) is 6.61. The number of rotatable bonds is 4. The topological polar surface area (TPSA) is 38.0 Å². The Labute approximate surface area is 134 Å². The van der Waals surface area contributed by atoms with Crippen LogP contribution in [0.25, 0.3) is 10.1 Å². The lowest BCUT2D eigenvalue weighted by Crippen LogP contribution is -2.29. The number of hydrogen-bond acceptors (Lipinski definition) is 3. The first-order chi connectivity index (χ1) is 10.2. The smallest absolute Gasteiger partial charge is 0.124 e. The normalized spacial score (nSPS) is 12.7. The fourth-order valence-corrected chi connectivity index (χ4v) is 4.06. The number of benzene rings is 2. The number of thiophene rings is 1. The standard InChI is InChI=1S/C16H14BrFN2S/c17-14-8-11(18)5-6-13(14)15(20-19)7-10-9-21-16-4-2-1-3-12(10)16/h1-6,8-9,15,20H,7,19H2. The van der Waals surface area contributed by atoms with Crippen LogP contribution in [0.2, 0.25) is 0 Å². The fraction of sp³-hybridized carbons (Fsp3) is 0.125. The predicted octanol–water partition coefficient (Wildman–Crippen LogP) is 4.55. The molecule has 3 N–H and O–H groups in total. The maximum Gasteiger partial charge on any atom is 0.124 e. The van der Waals surface area contributed by atoms with Gasteiger partial charge in [0, 0.05) is 9.17 Å². The maximum atomic E-state index is 13.2. The third-order valence-electron chi connectivity index (χ3n) is 3.52. The van der Waals surface area contributed by atoms with E-state index in [1.807, 2.05) is 12.1 Å². The van der Waals surface area contributed by atoms with Crippen LogP contribution in [0, 0.1) is 5.82 Å². The summed E-state index contributed by atoms with van der Waals surface area (Å²) in [5, 5.41) is 3.41. The van der Waals surface area contributed by atoms with E-state index in [0.29, 0.717) is 0 Å². The van der Waals surface area contributed by atoms with Crippen LogP contribution in [0.5, 0.6) is 0 Å². The molecule has 0 aliphatic carbocycles. The number of fused-ring (bicyclic) bond motifs is 1. The van der Waals surface area contributed by atoms with Gasteiger partial charge < -0.3 is 0 Å². The Kier molecular flexibility index (Phi) is 4.35. The molecule has 0 aliphatic heterocycles. The molecule has 0 aliphatic rings. The van der Waals surface area contributed by atoms with E-state index in [0.717, 1.165) is 16.5 Å². The summed E-state index contributed by atoms with van der Waals surface area (Å²) < 4.78 is 15.2. The van der Waals surface area contributed by atoms with Crippen LogP contribution in [0.15, 0.2) is 52.3 Å². The monoisotopic (exact) mass is 364 g/mol. The van der Waals surface area contributed by atoms with Gasteiger partial charge in [-0.3, -0.25) is 11.3 Å².